The zero-order valence-corrected chi connectivity index (χ0v) is 14.3. The third-order valence-corrected chi connectivity index (χ3v) is 3.99. The van der Waals surface area contributed by atoms with Crippen molar-refractivity contribution in [3.05, 3.63) is 50.9 Å². The van der Waals surface area contributed by atoms with Gasteiger partial charge in [-0.25, -0.2) is 9.97 Å². The van der Waals surface area contributed by atoms with Crippen LogP contribution in [0.15, 0.2) is 24.3 Å². The van der Waals surface area contributed by atoms with Crippen LogP contribution in [0.2, 0.25) is 15.2 Å². The van der Waals surface area contributed by atoms with E-state index in [9.17, 15) is 0 Å². The molecule has 0 radical (unpaired) electrons. The van der Waals surface area contributed by atoms with Gasteiger partial charge in [0.1, 0.15) is 16.8 Å². The number of rotatable bonds is 6. The van der Waals surface area contributed by atoms with Crippen LogP contribution < -0.4 is 4.90 Å². The molecule has 0 saturated heterocycles. The molecule has 22 heavy (non-hydrogen) atoms. The number of nitrogens with zero attached hydrogens (tertiary/aromatic N) is 3. The van der Waals surface area contributed by atoms with Gasteiger partial charge in [0.25, 0.3) is 0 Å². The molecule has 1 heterocycles. The number of hydrogen-bond donors (Lipinski definition) is 1. The van der Waals surface area contributed by atoms with E-state index in [-0.39, 0.29) is 6.61 Å². The summed E-state index contributed by atoms with van der Waals surface area (Å²) in [4.78, 5) is 10.5. The lowest BCUT2D eigenvalue weighted by atomic mass is 10.2. The number of aryl methyl sites for hydroxylation is 1. The number of anilines is 1. The van der Waals surface area contributed by atoms with Crippen molar-refractivity contribution in [1.82, 2.24) is 9.97 Å². The number of benzene rings is 1. The van der Waals surface area contributed by atoms with Crippen LogP contribution in [0.5, 0.6) is 0 Å². The fourth-order valence-corrected chi connectivity index (χ4v) is 2.61. The molecule has 2 aromatic rings. The van der Waals surface area contributed by atoms with Crippen molar-refractivity contribution in [3.63, 3.8) is 0 Å². The third kappa shape index (κ3) is 4.71. The van der Waals surface area contributed by atoms with E-state index >= 15 is 0 Å². The second kappa shape index (κ2) is 7.97. The van der Waals surface area contributed by atoms with Gasteiger partial charge in [-0.15, -0.1) is 0 Å². The van der Waals surface area contributed by atoms with Crippen molar-refractivity contribution >= 4 is 40.6 Å². The molecule has 4 nitrogen and oxygen atoms in total. The molecule has 0 saturated carbocycles. The Hall–Kier alpha value is -1.07. The van der Waals surface area contributed by atoms with Crippen molar-refractivity contribution in [3.8, 4) is 0 Å². The first kappa shape index (κ1) is 17.3. The second-order valence-corrected chi connectivity index (χ2v) is 6.04. The van der Waals surface area contributed by atoms with Crippen molar-refractivity contribution in [2.75, 3.05) is 18.1 Å². The second-order valence-electron chi connectivity index (χ2n) is 4.84. The van der Waals surface area contributed by atoms with Gasteiger partial charge in [0.05, 0.1) is 10.0 Å². The molecule has 0 spiro atoms. The summed E-state index contributed by atoms with van der Waals surface area (Å²) in [5.41, 5.74) is 1.000. The first-order valence-electron chi connectivity index (χ1n) is 6.80. The number of aliphatic hydroxyl groups excluding tert-OH is 1. The minimum atomic E-state index is 0.107. The summed E-state index contributed by atoms with van der Waals surface area (Å²) in [7, 11) is 0. The van der Waals surface area contributed by atoms with E-state index in [1.165, 1.54) is 0 Å². The molecule has 0 aliphatic rings. The summed E-state index contributed by atoms with van der Waals surface area (Å²) < 4.78 is 0. The fraction of sp³-hybridized carbons (Fsp3) is 0.333. The first-order chi connectivity index (χ1) is 10.5. The van der Waals surface area contributed by atoms with Crippen LogP contribution in [0.4, 0.5) is 5.82 Å². The quantitative estimate of drug-likeness (QED) is 0.787. The average molecular weight is 361 g/mol. The molecule has 0 amide bonds. The molecule has 0 atom stereocenters. The van der Waals surface area contributed by atoms with Crippen LogP contribution in [0.25, 0.3) is 0 Å². The highest BCUT2D eigenvalue weighted by atomic mass is 35.5. The maximum Gasteiger partial charge on any atom is 0.134 e. The topological polar surface area (TPSA) is 49.2 Å². The summed E-state index contributed by atoms with van der Waals surface area (Å²) in [6.07, 6.45) is 0.627. The van der Waals surface area contributed by atoms with E-state index in [1.807, 2.05) is 17.0 Å². The normalized spacial score (nSPS) is 10.8. The molecule has 1 aromatic carbocycles. The van der Waals surface area contributed by atoms with Crippen molar-refractivity contribution in [1.29, 1.82) is 0 Å². The lowest BCUT2D eigenvalue weighted by Crippen LogP contribution is -2.26. The zero-order valence-electron chi connectivity index (χ0n) is 12.1. The molecule has 118 valence electrons. The molecule has 2 rings (SSSR count). The maximum atomic E-state index is 9.09. The van der Waals surface area contributed by atoms with Gasteiger partial charge < -0.3 is 10.0 Å². The van der Waals surface area contributed by atoms with E-state index in [2.05, 4.69) is 9.97 Å². The Bertz CT molecular complexity index is 632. The van der Waals surface area contributed by atoms with E-state index in [0.717, 1.165) is 11.4 Å². The molecule has 0 aliphatic carbocycles. The van der Waals surface area contributed by atoms with E-state index in [1.54, 1.807) is 19.1 Å². The standard InChI is InChI=1S/C15H16Cl3N3O/c1-10-19-14(18)8-15(20-10)21(5-2-6-22)9-11-3-4-12(16)13(17)7-11/h3-4,7-8,22H,2,5-6,9H2,1H3. The Balaban J connectivity index is 2.26. The van der Waals surface area contributed by atoms with Crippen LogP contribution in [0.1, 0.15) is 17.8 Å². The van der Waals surface area contributed by atoms with Crippen LogP contribution in [-0.4, -0.2) is 28.2 Å². The molecule has 0 bridgehead atoms. The Morgan fingerprint density at radius 3 is 2.50 bits per heavy atom. The number of halogens is 3. The number of hydrogen-bond acceptors (Lipinski definition) is 4. The summed E-state index contributed by atoms with van der Waals surface area (Å²) in [6.45, 7) is 3.13. The maximum absolute atomic E-state index is 9.09. The summed E-state index contributed by atoms with van der Waals surface area (Å²) >= 11 is 18.0. The molecule has 0 unspecified atom stereocenters. The Kier molecular flexibility index (Phi) is 6.26. The van der Waals surface area contributed by atoms with Crippen LogP contribution >= 0.6 is 34.8 Å². The van der Waals surface area contributed by atoms with Crippen molar-refractivity contribution < 1.29 is 5.11 Å². The molecule has 0 fully saturated rings. The van der Waals surface area contributed by atoms with Crippen LogP contribution in [-0.2, 0) is 6.54 Å². The van der Waals surface area contributed by atoms with Gasteiger partial charge in [-0.05, 0) is 31.0 Å². The molecule has 1 aromatic heterocycles. The van der Waals surface area contributed by atoms with Gasteiger partial charge in [0, 0.05) is 25.8 Å². The molecule has 7 heteroatoms. The van der Waals surface area contributed by atoms with Gasteiger partial charge in [-0.1, -0.05) is 40.9 Å². The highest BCUT2D eigenvalue weighted by Gasteiger charge is 2.12. The van der Waals surface area contributed by atoms with E-state index in [4.69, 9.17) is 39.9 Å². The lowest BCUT2D eigenvalue weighted by molar-refractivity contribution is 0.289. The first-order valence-corrected chi connectivity index (χ1v) is 7.94. The highest BCUT2D eigenvalue weighted by Crippen LogP contribution is 2.25. The predicted octanol–water partition coefficient (Wildman–Crippen LogP) is 4.13. The molecular formula is C15H16Cl3N3O. The SMILES string of the molecule is Cc1nc(Cl)cc(N(CCCO)Cc2ccc(Cl)c(Cl)c2)n1. The minimum Gasteiger partial charge on any atom is -0.396 e. The third-order valence-electron chi connectivity index (χ3n) is 3.06. The van der Waals surface area contributed by atoms with Crippen LogP contribution in [0.3, 0.4) is 0 Å². The Morgan fingerprint density at radius 2 is 1.86 bits per heavy atom. The van der Waals surface area contributed by atoms with E-state index in [0.29, 0.717) is 40.5 Å². The minimum absolute atomic E-state index is 0.107. The number of aromatic nitrogens is 2. The highest BCUT2D eigenvalue weighted by molar-refractivity contribution is 6.42. The molecule has 0 aliphatic heterocycles. The zero-order chi connectivity index (χ0) is 16.1. The van der Waals surface area contributed by atoms with Crippen molar-refractivity contribution in [2.45, 2.75) is 19.9 Å². The Labute approximate surface area is 144 Å². The summed E-state index contributed by atoms with van der Waals surface area (Å²) in [6, 6.07) is 7.21. The lowest BCUT2D eigenvalue weighted by Gasteiger charge is -2.24. The molecule has 1 N–H and O–H groups in total. The van der Waals surface area contributed by atoms with Gasteiger partial charge >= 0.3 is 0 Å². The summed E-state index contributed by atoms with van der Waals surface area (Å²) in [5, 5.41) is 10.5. The average Bonchev–Trinajstić information content (AvgIpc) is 2.46. The van der Waals surface area contributed by atoms with Crippen molar-refractivity contribution in [2.24, 2.45) is 0 Å². The van der Waals surface area contributed by atoms with Crippen LogP contribution in [0, 0.1) is 6.92 Å². The smallest absolute Gasteiger partial charge is 0.134 e. The predicted molar refractivity (Wildman–Crippen MR) is 91.0 cm³/mol. The van der Waals surface area contributed by atoms with Gasteiger partial charge in [0.15, 0.2) is 0 Å². The number of aliphatic hydroxyl groups is 1. The fourth-order valence-electron chi connectivity index (χ4n) is 2.07. The Morgan fingerprint density at radius 1 is 1.09 bits per heavy atom. The van der Waals surface area contributed by atoms with Gasteiger partial charge in [-0.2, -0.15) is 0 Å². The largest absolute Gasteiger partial charge is 0.396 e. The monoisotopic (exact) mass is 359 g/mol. The van der Waals surface area contributed by atoms with E-state index < -0.39 is 0 Å². The summed E-state index contributed by atoms with van der Waals surface area (Å²) in [5.74, 6) is 1.32. The van der Waals surface area contributed by atoms with Gasteiger partial charge in [-0.3, -0.25) is 0 Å². The molecular weight excluding hydrogens is 345 g/mol. The van der Waals surface area contributed by atoms with Gasteiger partial charge in [0.2, 0.25) is 0 Å².